The summed E-state index contributed by atoms with van der Waals surface area (Å²) in [7, 11) is 0. The number of carbonyl (C=O) groups excluding carboxylic acids is 9. The molecule has 3 saturated carbocycles. The number of aromatic nitrogens is 6. The molecule has 735 valence electrons. The van der Waals surface area contributed by atoms with Crippen LogP contribution in [-0.4, -0.2) is 211 Å². The third-order valence-corrected chi connectivity index (χ3v) is 27.1. The number of nitrogens with zero attached hydrogens (tertiary/aromatic N) is 9. The Labute approximate surface area is 819 Å². The molecule has 0 unspecified atom stereocenters. The fourth-order valence-corrected chi connectivity index (χ4v) is 19.6. The van der Waals surface area contributed by atoms with Crippen LogP contribution in [0, 0.1) is 51.8 Å². The minimum Gasteiger partial charge on any atom is -0.540 e. The molecule has 3 saturated heterocycles. The molecule has 3 aliphatic carbocycles. The number of amides is 6. The molecule has 6 bridgehead atoms. The summed E-state index contributed by atoms with van der Waals surface area (Å²) in [6.45, 7) is 15.5. The summed E-state index contributed by atoms with van der Waals surface area (Å²) < 4.78 is 128. The molecule has 3 aromatic heterocycles. The monoisotopic (exact) mass is 2000 g/mol. The van der Waals surface area contributed by atoms with Gasteiger partial charge in [-0.25, -0.2) is 63.1 Å². The van der Waals surface area contributed by atoms with E-state index in [0.717, 1.165) is 109 Å². The normalized spacial score (nSPS) is 28.3. The van der Waals surface area contributed by atoms with Gasteiger partial charge in [0.2, 0.25) is 35.4 Å². The second kappa shape index (κ2) is 46.7. The minimum absolute atomic E-state index is 0. The van der Waals surface area contributed by atoms with Crippen molar-refractivity contribution in [2.24, 2.45) is 51.8 Å². The fraction of sp³-hybridized carbons (Fsp3) is 0.656. The van der Waals surface area contributed by atoms with Crippen molar-refractivity contribution in [2.45, 2.75) is 330 Å². The molecule has 3 radical (unpaired) electrons. The van der Waals surface area contributed by atoms with Crippen LogP contribution >= 0.6 is 0 Å². The van der Waals surface area contributed by atoms with E-state index in [9.17, 15) is 69.5 Å². The number of alkyl halides is 6. The van der Waals surface area contributed by atoms with E-state index in [-0.39, 0.29) is 140 Å². The number of hydrogen-bond acceptors (Lipinski definition) is 24. The SMILES string of the molecule is CC[C@@H]1[C@@H]2CN(C(=O)[C@H](C(C)(C)C)NC(=O)O[C@@H]3CCC[C@H]3CCCCCc3nc4ccc(OC(F)F)cc4nc3O2)[C@@H]1[C-]=O.CC[C@@H]1[C@@H]2CN(C(=O)[C@H](C(C)(C)C)NC(=O)O[C@@H]3C[C@H]3CCCCCc3nc4ccc(OC(F)F)cc4nc3O2)[C@@H]1[C-]=O.CC[C@@H]1[C@@H]2CN(C(=O)[C@H](C(C)(C)C)NC(=O)O[C@]3(C)C[C@H]3CCCCCc3nc4ccc(OC(F)F)cc4nc3O2)[C@@H]1[C-]=O.[V].[V].[V]. The summed E-state index contributed by atoms with van der Waals surface area (Å²) in [6.07, 6.45) is 20.3. The van der Waals surface area contributed by atoms with E-state index in [1.807, 2.05) is 103 Å². The fourth-order valence-electron chi connectivity index (χ4n) is 19.6. The van der Waals surface area contributed by atoms with Crippen LogP contribution in [0.15, 0.2) is 54.6 Å². The molecule has 3 aromatic carbocycles. The van der Waals surface area contributed by atoms with Crippen molar-refractivity contribution >= 4 is 88.0 Å². The van der Waals surface area contributed by atoms with Gasteiger partial charge in [0.1, 0.15) is 88.6 Å². The first-order chi connectivity index (χ1) is 62.8. The Bertz CT molecular complexity index is 5140. The van der Waals surface area contributed by atoms with Gasteiger partial charge in [-0.15, -0.1) is 0 Å². The zero-order valence-corrected chi connectivity index (χ0v) is 82.8. The standard InChI is InChI=1S/C33H43F2N4O6.C32H41F2N4O6.C31H39F2N4O6.3V/c1-5-21-25(18-40)39-17-27(21)44-29-23(36-22-15-14-20(43-31(34)35)16-24(22)37-29)12-8-6-7-10-19-11-9-13-26(19)45-32(42)38-28(30(39)41)33(2,3)4;1-6-20-24(17-39)38-16-25(20)43-27-22(35-21-13-12-19(42-29(33)34)14-23(21)36-27)11-9-7-8-10-18-15-32(18,5)44-30(41)37-26(28(38)40)31(2,3)4;1-5-19-23(16-38)37-15-25(19)42-27-21(34-20-12-11-18(41-29(32)33)14-22(20)35-27)10-8-6-7-9-17-13-24(17)43-30(40)36-26(28(37)39)31(2,3)4;;;/h14-16,19,21,25-28,31H,5-13,17H2,1-4H3,(H,38,42);12-14,18,20,24-26,29H,6-11,15-16H2,1-5H3,(H,37,41);11-12,14,17,19,23-26,29H,5-10,13,15H2,1-4H3,(H,36,40);;;/q3*-1;;;/t19-,21+,25-,26-,27+,28-;18-,20+,24-,25+,26-,32-;17-,19+,23-,24-,25+,26-;;;/m111.../s1. The van der Waals surface area contributed by atoms with Crippen molar-refractivity contribution in [1.82, 2.24) is 60.6 Å². The Morgan fingerprint density at radius 1 is 0.407 bits per heavy atom. The Morgan fingerprint density at radius 3 is 1.07 bits per heavy atom. The first kappa shape index (κ1) is 108. The number of carbonyl (C=O) groups is 6. The molecule has 6 amide bonds. The minimum atomic E-state index is -2.98. The zero-order chi connectivity index (χ0) is 95.0. The van der Waals surface area contributed by atoms with Gasteiger partial charge in [-0.05, 0) is 179 Å². The average Bonchev–Trinajstić information content (AvgIpc) is 1.25. The number of nitrogens with one attached hydrogen (secondary N) is 3. The van der Waals surface area contributed by atoms with Gasteiger partial charge in [0.15, 0.2) is 0 Å². The smallest absolute Gasteiger partial charge is 0.408 e. The number of aryl methyl sites for hydroxylation is 3. The number of benzene rings is 3. The van der Waals surface area contributed by atoms with Gasteiger partial charge >= 0.3 is 38.1 Å². The first-order valence-corrected chi connectivity index (χ1v) is 46.5. The second-order valence-electron chi connectivity index (χ2n) is 39.7. The van der Waals surface area contributed by atoms with Gasteiger partial charge < -0.3 is 87.7 Å². The van der Waals surface area contributed by atoms with E-state index < -0.39 is 150 Å². The number of hydrogen-bond donors (Lipinski definition) is 3. The van der Waals surface area contributed by atoms with Crippen LogP contribution in [0.3, 0.4) is 0 Å². The third kappa shape index (κ3) is 26.7. The largest absolute Gasteiger partial charge is 0.540 e. The number of halogens is 6. The van der Waals surface area contributed by atoms with Crippen LogP contribution in [0.1, 0.15) is 236 Å². The number of ether oxygens (including phenoxy) is 9. The van der Waals surface area contributed by atoms with Gasteiger partial charge in [0.25, 0.3) is 0 Å². The predicted molar refractivity (Wildman–Crippen MR) is 471 cm³/mol. The average molecular weight is 2000 g/mol. The van der Waals surface area contributed by atoms with Crippen LogP contribution in [0.2, 0.25) is 0 Å². The number of alkyl carbamates (subject to hydrolysis) is 3. The van der Waals surface area contributed by atoms with Gasteiger partial charge in [0, 0.05) is 79.8 Å². The van der Waals surface area contributed by atoms with Crippen molar-refractivity contribution in [1.29, 1.82) is 0 Å². The van der Waals surface area contributed by atoms with Crippen molar-refractivity contribution in [3.05, 3.63) is 71.7 Å². The molecule has 6 aromatic rings. The van der Waals surface area contributed by atoms with Gasteiger partial charge in [0.05, 0.1) is 52.7 Å². The van der Waals surface area contributed by atoms with E-state index in [1.165, 1.54) is 51.1 Å². The van der Waals surface area contributed by atoms with E-state index >= 15 is 0 Å². The van der Waals surface area contributed by atoms with Crippen molar-refractivity contribution in [3.63, 3.8) is 0 Å². The Balaban J connectivity index is 0.000000207. The maximum absolute atomic E-state index is 14.1. The Hall–Kier alpha value is -8.96. The molecule has 135 heavy (non-hydrogen) atoms. The summed E-state index contributed by atoms with van der Waals surface area (Å²) in [6, 6.07) is 7.63. The maximum Gasteiger partial charge on any atom is 0.408 e. The molecule has 30 nitrogen and oxygen atoms in total. The molecule has 39 heteroatoms. The number of rotatable bonds is 12. The third-order valence-electron chi connectivity index (χ3n) is 27.1. The first-order valence-electron chi connectivity index (χ1n) is 46.5. The van der Waals surface area contributed by atoms with E-state index in [1.54, 1.807) is 18.2 Å². The molecule has 18 atom stereocenters. The van der Waals surface area contributed by atoms with Crippen molar-refractivity contribution < 1.29 is 168 Å². The van der Waals surface area contributed by atoms with Crippen LogP contribution < -0.4 is 44.4 Å². The zero-order valence-electron chi connectivity index (χ0n) is 78.6. The van der Waals surface area contributed by atoms with Crippen molar-refractivity contribution in [3.8, 4) is 34.9 Å². The molecule has 6 fully saturated rings. The van der Waals surface area contributed by atoms with E-state index in [2.05, 4.69) is 46.4 Å². The van der Waals surface area contributed by atoms with Crippen LogP contribution in [-0.2, 0) is 118 Å². The molecule has 15 rings (SSSR count). The predicted octanol–water partition coefficient (Wildman–Crippen LogP) is 16.1. The maximum atomic E-state index is 14.1. The van der Waals surface area contributed by atoms with Crippen LogP contribution in [0.25, 0.3) is 33.1 Å². The van der Waals surface area contributed by atoms with Crippen molar-refractivity contribution in [2.75, 3.05) is 19.6 Å². The van der Waals surface area contributed by atoms with E-state index in [4.69, 9.17) is 48.4 Å². The van der Waals surface area contributed by atoms with Crippen LogP contribution in [0.4, 0.5) is 40.7 Å². The van der Waals surface area contributed by atoms with Crippen LogP contribution in [0.5, 0.6) is 34.9 Å². The second-order valence-corrected chi connectivity index (χ2v) is 39.7. The molecule has 3 N–H and O–H groups in total. The Morgan fingerprint density at radius 2 is 0.733 bits per heavy atom. The molecule has 9 aliphatic rings. The summed E-state index contributed by atoms with van der Waals surface area (Å²) in [5.41, 5.74) is 1.76. The summed E-state index contributed by atoms with van der Waals surface area (Å²) >= 11 is 0. The van der Waals surface area contributed by atoms with Gasteiger partial charge in [-0.1, -0.05) is 159 Å². The van der Waals surface area contributed by atoms with E-state index in [0.29, 0.717) is 88.7 Å². The quantitative estimate of drug-likeness (QED) is 0.0582. The van der Waals surface area contributed by atoms with Gasteiger partial charge in [-0.3, -0.25) is 14.4 Å². The topological polar surface area (TPSA) is 360 Å². The molecule has 9 heterocycles. The summed E-state index contributed by atoms with van der Waals surface area (Å²) in [5.74, 6) is -1.13. The number of fused-ring (bicyclic) bond motifs is 15. The molecule has 0 spiro atoms. The summed E-state index contributed by atoms with van der Waals surface area (Å²) in [5, 5.41) is 8.40. The Kier molecular flexibility index (Phi) is 37.4. The molecule has 6 aliphatic heterocycles. The molecular formula is C96H123F6N12O18V3-3. The molecular weight excluding hydrogens is 1880 g/mol. The van der Waals surface area contributed by atoms with Gasteiger partial charge in [-0.2, -0.15) is 26.3 Å². The summed E-state index contributed by atoms with van der Waals surface area (Å²) in [4.78, 5) is 151.